The maximum absolute atomic E-state index is 11.2. The fourth-order valence-corrected chi connectivity index (χ4v) is 3.63. The van der Waals surface area contributed by atoms with Gasteiger partial charge in [0.05, 0.1) is 12.0 Å². The van der Waals surface area contributed by atoms with Crippen LogP contribution in [-0.2, 0) is 4.74 Å². The molecular weight excluding hydrogens is 298 g/mol. The molecule has 0 aliphatic carbocycles. The van der Waals surface area contributed by atoms with Crippen LogP contribution < -0.4 is 0 Å². The van der Waals surface area contributed by atoms with Crippen molar-refractivity contribution in [3.63, 3.8) is 0 Å². The zero-order valence-corrected chi connectivity index (χ0v) is 10.9. The molecule has 0 fully saturated rings. The van der Waals surface area contributed by atoms with Gasteiger partial charge in [0.25, 0.3) is 0 Å². The van der Waals surface area contributed by atoms with Gasteiger partial charge in [-0.25, -0.2) is 9.78 Å². The van der Waals surface area contributed by atoms with E-state index in [0.29, 0.717) is 5.69 Å². The molecule has 0 N–H and O–H groups in total. The van der Waals surface area contributed by atoms with Gasteiger partial charge in [-0.15, -0.1) is 22.7 Å². The molecule has 0 bridgehead atoms. The maximum Gasteiger partial charge on any atom is 0.357 e. The number of thiazole rings is 1. The Morgan fingerprint density at radius 3 is 2.93 bits per heavy atom. The SMILES string of the molecule is COC(=O)c1csc(-c2sccc2Br)n1. The monoisotopic (exact) mass is 303 g/mol. The summed E-state index contributed by atoms with van der Waals surface area (Å²) in [5.74, 6) is -0.398. The average Bonchev–Trinajstić information content (AvgIpc) is 2.84. The van der Waals surface area contributed by atoms with E-state index >= 15 is 0 Å². The van der Waals surface area contributed by atoms with Gasteiger partial charge in [0.1, 0.15) is 5.01 Å². The van der Waals surface area contributed by atoms with Crippen molar-refractivity contribution in [2.75, 3.05) is 7.11 Å². The van der Waals surface area contributed by atoms with Crippen molar-refractivity contribution < 1.29 is 9.53 Å². The Labute approximate surface area is 103 Å². The molecule has 0 saturated heterocycles. The highest BCUT2D eigenvalue weighted by Gasteiger charge is 2.14. The highest BCUT2D eigenvalue weighted by Crippen LogP contribution is 2.35. The Bertz CT molecular complexity index is 492. The Kier molecular flexibility index (Phi) is 3.18. The molecule has 78 valence electrons. The Balaban J connectivity index is 2.36. The molecule has 2 aromatic rings. The smallest absolute Gasteiger partial charge is 0.357 e. The first-order valence-electron chi connectivity index (χ1n) is 3.99. The lowest BCUT2D eigenvalue weighted by atomic mass is 10.4. The average molecular weight is 304 g/mol. The quantitative estimate of drug-likeness (QED) is 0.798. The molecular formula is C9H6BrNO2S2. The summed E-state index contributed by atoms with van der Waals surface area (Å²) in [6.45, 7) is 0. The number of methoxy groups -OCH3 is 1. The number of carbonyl (C=O) groups excluding carboxylic acids is 1. The van der Waals surface area contributed by atoms with E-state index in [1.807, 2.05) is 11.4 Å². The van der Waals surface area contributed by atoms with Crippen molar-refractivity contribution in [1.82, 2.24) is 4.98 Å². The molecule has 0 saturated carbocycles. The highest BCUT2D eigenvalue weighted by atomic mass is 79.9. The molecule has 0 atom stereocenters. The minimum atomic E-state index is -0.398. The predicted octanol–water partition coefficient (Wildman–Crippen LogP) is 3.42. The van der Waals surface area contributed by atoms with Crippen molar-refractivity contribution in [3.8, 4) is 9.88 Å². The Morgan fingerprint density at radius 1 is 1.53 bits per heavy atom. The normalized spacial score (nSPS) is 10.3. The van der Waals surface area contributed by atoms with E-state index in [0.717, 1.165) is 14.4 Å². The number of hydrogen-bond acceptors (Lipinski definition) is 5. The van der Waals surface area contributed by atoms with E-state index in [1.165, 1.54) is 18.4 Å². The molecule has 0 aromatic carbocycles. The van der Waals surface area contributed by atoms with Crippen molar-refractivity contribution in [2.45, 2.75) is 0 Å². The van der Waals surface area contributed by atoms with Crippen LogP contribution in [0.4, 0.5) is 0 Å². The number of ether oxygens (including phenoxy) is 1. The number of esters is 1. The molecule has 2 rings (SSSR count). The minimum absolute atomic E-state index is 0.359. The standard InChI is InChI=1S/C9H6BrNO2S2/c1-13-9(12)6-4-15-8(11-6)7-5(10)2-3-14-7/h2-4H,1H3. The number of carbonyl (C=O) groups is 1. The van der Waals surface area contributed by atoms with Gasteiger partial charge in [0.2, 0.25) is 0 Å². The topological polar surface area (TPSA) is 39.2 Å². The van der Waals surface area contributed by atoms with Crippen LogP contribution in [-0.4, -0.2) is 18.1 Å². The highest BCUT2D eigenvalue weighted by molar-refractivity contribution is 9.10. The lowest BCUT2D eigenvalue weighted by Gasteiger charge is -1.92. The van der Waals surface area contributed by atoms with Crippen molar-refractivity contribution in [3.05, 3.63) is 27.0 Å². The lowest BCUT2D eigenvalue weighted by molar-refractivity contribution is 0.0595. The third-order valence-corrected chi connectivity index (χ3v) is 4.54. The molecule has 0 aliphatic rings. The van der Waals surface area contributed by atoms with Crippen LogP contribution in [0, 0.1) is 0 Å². The van der Waals surface area contributed by atoms with Crippen LogP contribution in [0.25, 0.3) is 9.88 Å². The fourth-order valence-electron chi connectivity index (χ4n) is 1.02. The summed E-state index contributed by atoms with van der Waals surface area (Å²) >= 11 is 6.45. The van der Waals surface area contributed by atoms with E-state index in [-0.39, 0.29) is 0 Å². The van der Waals surface area contributed by atoms with Crippen LogP contribution in [0.5, 0.6) is 0 Å². The summed E-state index contributed by atoms with van der Waals surface area (Å²) in [4.78, 5) is 16.4. The number of aromatic nitrogens is 1. The molecule has 2 heterocycles. The fraction of sp³-hybridized carbons (Fsp3) is 0.111. The first-order valence-corrected chi connectivity index (χ1v) is 6.55. The Morgan fingerprint density at radius 2 is 2.33 bits per heavy atom. The molecule has 2 aromatic heterocycles. The molecule has 3 nitrogen and oxygen atoms in total. The molecule has 0 aliphatic heterocycles. The molecule has 0 amide bonds. The van der Waals surface area contributed by atoms with Gasteiger partial charge >= 0.3 is 5.97 Å². The second-order valence-corrected chi connectivity index (χ2v) is 5.26. The summed E-state index contributed by atoms with van der Waals surface area (Å²) in [7, 11) is 1.35. The zero-order chi connectivity index (χ0) is 10.8. The van der Waals surface area contributed by atoms with Gasteiger partial charge in [-0.1, -0.05) is 0 Å². The lowest BCUT2D eigenvalue weighted by Crippen LogP contribution is -2.00. The summed E-state index contributed by atoms with van der Waals surface area (Å²) in [6, 6.07) is 1.96. The van der Waals surface area contributed by atoms with E-state index in [4.69, 9.17) is 0 Å². The van der Waals surface area contributed by atoms with E-state index < -0.39 is 5.97 Å². The summed E-state index contributed by atoms with van der Waals surface area (Å²) < 4.78 is 5.59. The van der Waals surface area contributed by atoms with Crippen LogP contribution >= 0.6 is 38.6 Å². The summed E-state index contributed by atoms with van der Waals surface area (Å²) in [5.41, 5.74) is 0.359. The largest absolute Gasteiger partial charge is 0.464 e. The Hall–Kier alpha value is -0.720. The third-order valence-electron chi connectivity index (χ3n) is 1.71. The molecule has 0 unspecified atom stereocenters. The van der Waals surface area contributed by atoms with Crippen LogP contribution in [0.15, 0.2) is 21.3 Å². The maximum atomic E-state index is 11.2. The molecule has 6 heteroatoms. The van der Waals surface area contributed by atoms with Gasteiger partial charge in [0.15, 0.2) is 5.69 Å². The zero-order valence-electron chi connectivity index (χ0n) is 7.69. The number of nitrogens with zero attached hydrogens (tertiary/aromatic N) is 1. The van der Waals surface area contributed by atoms with Crippen molar-refractivity contribution in [1.29, 1.82) is 0 Å². The number of rotatable bonds is 2. The van der Waals surface area contributed by atoms with Gasteiger partial charge in [0, 0.05) is 9.85 Å². The van der Waals surface area contributed by atoms with Crippen molar-refractivity contribution >= 4 is 44.6 Å². The predicted molar refractivity (Wildman–Crippen MR) is 64.5 cm³/mol. The first kappa shape index (κ1) is 10.8. The van der Waals surface area contributed by atoms with Gasteiger partial charge in [-0.3, -0.25) is 0 Å². The van der Waals surface area contributed by atoms with Gasteiger partial charge in [-0.05, 0) is 27.4 Å². The van der Waals surface area contributed by atoms with E-state index in [9.17, 15) is 4.79 Å². The first-order chi connectivity index (χ1) is 7.22. The van der Waals surface area contributed by atoms with E-state index in [2.05, 4.69) is 25.7 Å². The number of halogens is 1. The molecule has 0 spiro atoms. The second-order valence-electron chi connectivity index (χ2n) is 2.63. The number of hydrogen-bond donors (Lipinski definition) is 0. The minimum Gasteiger partial charge on any atom is -0.464 e. The molecule has 0 radical (unpaired) electrons. The van der Waals surface area contributed by atoms with Gasteiger partial charge in [-0.2, -0.15) is 0 Å². The summed E-state index contributed by atoms with van der Waals surface area (Å²) in [5, 5.41) is 4.50. The second kappa shape index (κ2) is 4.42. The third kappa shape index (κ3) is 2.11. The van der Waals surface area contributed by atoms with E-state index in [1.54, 1.807) is 16.7 Å². The van der Waals surface area contributed by atoms with Gasteiger partial charge < -0.3 is 4.74 Å². The molecule has 15 heavy (non-hydrogen) atoms. The van der Waals surface area contributed by atoms with Crippen molar-refractivity contribution in [2.24, 2.45) is 0 Å². The number of thiophene rings is 1. The van der Waals surface area contributed by atoms with Crippen LogP contribution in [0.1, 0.15) is 10.5 Å². The summed E-state index contributed by atoms with van der Waals surface area (Å²) in [6.07, 6.45) is 0. The van der Waals surface area contributed by atoms with Crippen LogP contribution in [0.2, 0.25) is 0 Å². The van der Waals surface area contributed by atoms with Crippen LogP contribution in [0.3, 0.4) is 0 Å².